The van der Waals surface area contributed by atoms with Gasteiger partial charge in [0.2, 0.25) is 0 Å². The molecule has 0 radical (unpaired) electrons. The number of nitriles is 1. The van der Waals surface area contributed by atoms with Gasteiger partial charge in [-0.25, -0.2) is 0 Å². The maximum atomic E-state index is 9.05. The number of hydrogen-bond acceptors (Lipinski definition) is 2. The molecule has 2 nitrogen and oxygen atoms in total. The fourth-order valence-corrected chi connectivity index (χ4v) is 1.64. The molecule has 2 heteroatoms. The lowest BCUT2D eigenvalue weighted by atomic mass is 9.99. The van der Waals surface area contributed by atoms with Crippen molar-refractivity contribution in [2.24, 2.45) is 0 Å². The van der Waals surface area contributed by atoms with Crippen molar-refractivity contribution in [1.29, 1.82) is 5.26 Å². The maximum Gasteiger partial charge on any atom is 0.0998 e. The molecule has 2 aromatic rings. The van der Waals surface area contributed by atoms with Crippen molar-refractivity contribution in [3.05, 3.63) is 53.6 Å². The zero-order chi connectivity index (χ0) is 11.5. The second-order valence-electron chi connectivity index (χ2n) is 3.78. The highest BCUT2D eigenvalue weighted by Gasteiger charge is 2.04. The number of anilines is 1. The summed E-state index contributed by atoms with van der Waals surface area (Å²) in [4.78, 5) is 0. The summed E-state index contributed by atoms with van der Waals surface area (Å²) in [5, 5.41) is 9.05. The van der Waals surface area contributed by atoms with E-state index in [4.69, 9.17) is 11.0 Å². The normalized spacial score (nSPS) is 9.75. The van der Waals surface area contributed by atoms with E-state index in [1.807, 2.05) is 43.3 Å². The molecule has 0 spiro atoms. The summed E-state index contributed by atoms with van der Waals surface area (Å²) >= 11 is 0. The third-order valence-corrected chi connectivity index (χ3v) is 2.53. The molecule has 2 rings (SSSR count). The molecule has 0 saturated heterocycles. The highest BCUT2D eigenvalue weighted by molar-refractivity contribution is 5.73. The largest absolute Gasteiger partial charge is 0.399 e. The summed E-state index contributed by atoms with van der Waals surface area (Å²) in [7, 11) is 0. The Morgan fingerprint density at radius 3 is 2.38 bits per heavy atom. The van der Waals surface area contributed by atoms with E-state index < -0.39 is 0 Å². The van der Waals surface area contributed by atoms with Gasteiger partial charge in [-0.05, 0) is 30.2 Å². The second-order valence-corrected chi connectivity index (χ2v) is 3.78. The molecule has 0 aliphatic heterocycles. The lowest BCUT2D eigenvalue weighted by Gasteiger charge is -2.05. The van der Waals surface area contributed by atoms with Crippen LogP contribution in [-0.2, 0) is 0 Å². The Bertz CT molecular complexity index is 548. The molecule has 2 aromatic carbocycles. The average molecular weight is 208 g/mol. The van der Waals surface area contributed by atoms with Crippen LogP contribution in [0.4, 0.5) is 5.69 Å². The molecule has 0 atom stereocenters. The summed E-state index contributed by atoms with van der Waals surface area (Å²) in [6.07, 6.45) is 0. The molecule has 0 aliphatic carbocycles. The first kappa shape index (κ1) is 10.3. The molecular weight excluding hydrogens is 196 g/mol. The first-order valence-corrected chi connectivity index (χ1v) is 5.07. The van der Waals surface area contributed by atoms with Crippen molar-refractivity contribution in [3.8, 4) is 17.2 Å². The minimum Gasteiger partial charge on any atom is -0.399 e. The van der Waals surface area contributed by atoms with Crippen molar-refractivity contribution >= 4 is 5.69 Å². The summed E-state index contributed by atoms with van der Waals surface area (Å²) in [5.41, 5.74) is 10.1. The van der Waals surface area contributed by atoms with Gasteiger partial charge in [0.15, 0.2) is 0 Å². The third-order valence-electron chi connectivity index (χ3n) is 2.53. The van der Waals surface area contributed by atoms with Crippen LogP contribution in [0.1, 0.15) is 11.1 Å². The minimum atomic E-state index is 0.615. The quantitative estimate of drug-likeness (QED) is 0.732. The van der Waals surface area contributed by atoms with Gasteiger partial charge in [-0.2, -0.15) is 5.26 Å². The fourth-order valence-electron chi connectivity index (χ4n) is 1.64. The molecule has 2 N–H and O–H groups in total. The van der Waals surface area contributed by atoms with Gasteiger partial charge in [0, 0.05) is 5.69 Å². The zero-order valence-corrected chi connectivity index (χ0v) is 9.07. The molecule has 16 heavy (non-hydrogen) atoms. The van der Waals surface area contributed by atoms with Crippen LogP contribution in [0.5, 0.6) is 0 Å². The van der Waals surface area contributed by atoms with Crippen LogP contribution in [0, 0.1) is 18.3 Å². The van der Waals surface area contributed by atoms with Gasteiger partial charge in [0.05, 0.1) is 11.6 Å². The van der Waals surface area contributed by atoms with Crippen molar-refractivity contribution in [2.45, 2.75) is 6.92 Å². The number of nitrogen functional groups attached to an aromatic ring is 1. The average Bonchev–Trinajstić information content (AvgIpc) is 2.30. The monoisotopic (exact) mass is 208 g/mol. The molecule has 0 aromatic heterocycles. The van der Waals surface area contributed by atoms with E-state index in [1.165, 1.54) is 5.56 Å². The molecule has 0 heterocycles. The second kappa shape index (κ2) is 4.08. The van der Waals surface area contributed by atoms with Gasteiger partial charge < -0.3 is 5.73 Å². The van der Waals surface area contributed by atoms with Crippen LogP contribution in [0.15, 0.2) is 42.5 Å². The van der Waals surface area contributed by atoms with E-state index in [1.54, 1.807) is 6.07 Å². The smallest absolute Gasteiger partial charge is 0.0998 e. The summed E-state index contributed by atoms with van der Waals surface area (Å²) in [6, 6.07) is 15.7. The standard InChI is InChI=1S/C14H12N2/c1-10-2-4-11(5-3-10)14-7-6-13(16)8-12(14)9-15/h2-8H,16H2,1H3. The number of rotatable bonds is 1. The minimum absolute atomic E-state index is 0.615. The van der Waals surface area contributed by atoms with Crippen LogP contribution in [0.2, 0.25) is 0 Å². The van der Waals surface area contributed by atoms with Gasteiger partial charge in [0.25, 0.3) is 0 Å². The lowest BCUT2D eigenvalue weighted by molar-refractivity contribution is 1.45. The van der Waals surface area contributed by atoms with Crippen LogP contribution < -0.4 is 5.73 Å². The van der Waals surface area contributed by atoms with E-state index in [-0.39, 0.29) is 0 Å². The predicted molar refractivity (Wildman–Crippen MR) is 65.7 cm³/mol. The molecule has 0 fully saturated rings. The van der Waals surface area contributed by atoms with E-state index in [9.17, 15) is 0 Å². The van der Waals surface area contributed by atoms with Crippen LogP contribution >= 0.6 is 0 Å². The highest BCUT2D eigenvalue weighted by atomic mass is 14.5. The molecule has 78 valence electrons. The van der Waals surface area contributed by atoms with Crippen molar-refractivity contribution in [1.82, 2.24) is 0 Å². The predicted octanol–water partition coefficient (Wildman–Crippen LogP) is 3.12. The molecule has 0 amide bonds. The number of benzene rings is 2. The number of nitrogens with two attached hydrogens (primary N) is 1. The molecule has 0 aliphatic rings. The van der Waals surface area contributed by atoms with Gasteiger partial charge in [-0.1, -0.05) is 35.9 Å². The Morgan fingerprint density at radius 1 is 1.06 bits per heavy atom. The number of aryl methyl sites for hydroxylation is 1. The highest BCUT2D eigenvalue weighted by Crippen LogP contribution is 2.25. The Labute approximate surface area is 95.0 Å². The summed E-state index contributed by atoms with van der Waals surface area (Å²) in [5.74, 6) is 0. The van der Waals surface area contributed by atoms with Crippen molar-refractivity contribution < 1.29 is 0 Å². The molecule has 0 unspecified atom stereocenters. The first-order chi connectivity index (χ1) is 7.70. The van der Waals surface area contributed by atoms with Crippen LogP contribution in [-0.4, -0.2) is 0 Å². The first-order valence-electron chi connectivity index (χ1n) is 5.07. The van der Waals surface area contributed by atoms with Gasteiger partial charge in [-0.15, -0.1) is 0 Å². The number of hydrogen-bond donors (Lipinski definition) is 1. The molecule has 0 saturated carbocycles. The number of nitrogens with zero attached hydrogens (tertiary/aromatic N) is 1. The Hall–Kier alpha value is -2.27. The molecule has 0 bridgehead atoms. The van der Waals surface area contributed by atoms with Crippen LogP contribution in [0.3, 0.4) is 0 Å². The Balaban J connectivity index is 2.56. The maximum absolute atomic E-state index is 9.05. The van der Waals surface area contributed by atoms with E-state index in [0.717, 1.165) is 11.1 Å². The Morgan fingerprint density at radius 2 is 1.75 bits per heavy atom. The zero-order valence-electron chi connectivity index (χ0n) is 9.07. The van der Waals surface area contributed by atoms with E-state index >= 15 is 0 Å². The summed E-state index contributed by atoms with van der Waals surface area (Å²) in [6.45, 7) is 2.04. The SMILES string of the molecule is Cc1ccc(-c2ccc(N)cc2C#N)cc1. The van der Waals surface area contributed by atoms with E-state index in [0.29, 0.717) is 11.3 Å². The lowest BCUT2D eigenvalue weighted by Crippen LogP contribution is -1.89. The fraction of sp³-hybridized carbons (Fsp3) is 0.0714. The van der Waals surface area contributed by atoms with Crippen molar-refractivity contribution in [3.63, 3.8) is 0 Å². The summed E-state index contributed by atoms with van der Waals surface area (Å²) < 4.78 is 0. The van der Waals surface area contributed by atoms with Gasteiger partial charge in [-0.3, -0.25) is 0 Å². The van der Waals surface area contributed by atoms with Crippen molar-refractivity contribution in [2.75, 3.05) is 5.73 Å². The molecular formula is C14H12N2. The van der Waals surface area contributed by atoms with Crippen LogP contribution in [0.25, 0.3) is 11.1 Å². The van der Waals surface area contributed by atoms with E-state index in [2.05, 4.69) is 6.07 Å². The Kier molecular flexibility index (Phi) is 2.61. The topological polar surface area (TPSA) is 49.8 Å². The third kappa shape index (κ3) is 1.89. The van der Waals surface area contributed by atoms with Gasteiger partial charge >= 0.3 is 0 Å². The van der Waals surface area contributed by atoms with Gasteiger partial charge in [0.1, 0.15) is 0 Å².